The molecule has 354 valence electrons. The Hall–Kier alpha value is -5.62. The molecule has 0 bridgehead atoms. The summed E-state index contributed by atoms with van der Waals surface area (Å²) in [5, 5.41) is 11.0. The maximum Gasteiger partial charge on any atom is 0.330 e. The van der Waals surface area contributed by atoms with Gasteiger partial charge in [-0.2, -0.15) is 0 Å². The number of unbranched alkanes of at least 4 members (excludes halogenated alkanes) is 4. The lowest BCUT2D eigenvalue weighted by Crippen LogP contribution is -2.39. The summed E-state index contributed by atoms with van der Waals surface area (Å²) in [5.74, 6) is 1.35. The number of nitrogens with zero attached hydrogens (tertiary/aromatic N) is 2. The van der Waals surface area contributed by atoms with Gasteiger partial charge in [-0.15, -0.1) is 0 Å². The van der Waals surface area contributed by atoms with Gasteiger partial charge in [-0.3, -0.25) is 28.7 Å². The van der Waals surface area contributed by atoms with Crippen LogP contribution in [0.3, 0.4) is 0 Å². The fourth-order valence-electron chi connectivity index (χ4n) is 8.78. The molecular weight excluding hydrogens is 849 g/mol. The van der Waals surface area contributed by atoms with Crippen LogP contribution in [0, 0.1) is 0 Å². The first kappa shape index (κ1) is 48.3. The van der Waals surface area contributed by atoms with Gasteiger partial charge in [0.25, 0.3) is 11.1 Å². The average Bonchev–Trinajstić information content (AvgIpc) is 3.92. The number of aliphatic hydroxyl groups is 1. The highest BCUT2D eigenvalue weighted by Crippen LogP contribution is 2.43. The molecule has 5 aromatic rings. The predicted molar refractivity (Wildman–Crippen MR) is 246 cm³/mol. The molecule has 2 aliphatic rings. The summed E-state index contributed by atoms with van der Waals surface area (Å²) in [6, 6.07) is 25.2. The van der Waals surface area contributed by atoms with Crippen LogP contribution in [-0.4, -0.2) is 82.9 Å². The van der Waals surface area contributed by atoms with Crippen LogP contribution in [0.1, 0.15) is 105 Å². The largest absolute Gasteiger partial charge is 0.497 e. The van der Waals surface area contributed by atoms with Crippen LogP contribution in [0.4, 0.5) is 0 Å². The summed E-state index contributed by atoms with van der Waals surface area (Å²) in [7, 11) is 3.22. The molecule has 2 fully saturated rings. The molecule has 2 aromatic heterocycles. The van der Waals surface area contributed by atoms with Gasteiger partial charge in [0.05, 0.1) is 39.6 Å². The van der Waals surface area contributed by atoms with Gasteiger partial charge in [0.1, 0.15) is 48.6 Å². The number of aromatic amines is 2. The van der Waals surface area contributed by atoms with Crippen molar-refractivity contribution in [3.8, 4) is 11.5 Å². The van der Waals surface area contributed by atoms with E-state index in [9.17, 15) is 24.3 Å². The van der Waals surface area contributed by atoms with Crippen LogP contribution in [0.5, 0.6) is 11.5 Å². The second-order valence-electron chi connectivity index (χ2n) is 16.9. The third kappa shape index (κ3) is 11.1. The SMILES string of the molecule is CCCCCc1cn([C@H]2C[C@H](OCOC[C@H]3O[C@@H](n4cc(CCCCC)c(=O)[nH]c4=O)C[C@@H]3O)[C@@H](COC(c3ccccc3)(c3ccc(OC)cc3)c3ccc(OC)cc3)O2)c(=O)[nH]c1=O. The minimum Gasteiger partial charge on any atom is -0.497 e. The van der Waals surface area contributed by atoms with Crippen LogP contribution in [0.15, 0.2) is 110 Å². The molecule has 16 nitrogen and oxygen atoms in total. The molecule has 4 heterocycles. The monoisotopic (exact) mass is 910 g/mol. The molecule has 0 unspecified atom stereocenters. The number of rotatable bonds is 23. The van der Waals surface area contributed by atoms with E-state index in [-0.39, 0.29) is 32.8 Å². The Labute approximate surface area is 383 Å². The van der Waals surface area contributed by atoms with Crippen molar-refractivity contribution in [3.63, 3.8) is 0 Å². The first-order valence-corrected chi connectivity index (χ1v) is 22.9. The Morgan fingerprint density at radius 1 is 0.652 bits per heavy atom. The van der Waals surface area contributed by atoms with Gasteiger partial charge < -0.3 is 38.3 Å². The van der Waals surface area contributed by atoms with Crippen LogP contribution >= 0.6 is 0 Å². The van der Waals surface area contributed by atoms with Gasteiger partial charge in [0, 0.05) is 36.4 Å². The van der Waals surface area contributed by atoms with Crippen LogP contribution < -0.4 is 32.0 Å². The summed E-state index contributed by atoms with van der Waals surface area (Å²) < 4.78 is 46.2. The van der Waals surface area contributed by atoms with Crippen LogP contribution in [-0.2, 0) is 42.1 Å². The fourth-order valence-corrected chi connectivity index (χ4v) is 8.78. The minimum atomic E-state index is -1.18. The molecule has 3 N–H and O–H groups in total. The molecule has 2 saturated heterocycles. The molecule has 0 radical (unpaired) electrons. The van der Waals surface area contributed by atoms with Gasteiger partial charge in [-0.05, 0) is 66.6 Å². The number of ether oxygens (including phenoxy) is 7. The van der Waals surface area contributed by atoms with E-state index in [1.165, 1.54) is 15.3 Å². The standard InChI is InChI=1S/C50H62N4O12/c1-5-7-10-14-33-28-53(48(58)51-46(33)56)44-26-40(55)42(65-44)30-62-32-63-41-27-45(54-29-34(15-11-8-6-2)47(57)52-49(54)59)66-43(41)31-64-50(35-16-12-9-13-17-35,36-18-22-38(60-3)23-19-36)37-20-24-39(61-4)25-21-37/h9,12-13,16-25,28-29,40-45,55H,5-8,10-11,14-15,26-27,30-32H2,1-4H3,(H,51,56,58)(H,52,57,59)/t40-,41-,42+,43+,44+,45+/m0/s1. The van der Waals surface area contributed by atoms with Crippen molar-refractivity contribution < 1.29 is 38.3 Å². The highest BCUT2D eigenvalue weighted by molar-refractivity contribution is 5.49. The fraction of sp³-hybridized carbons (Fsp3) is 0.480. The maximum atomic E-state index is 13.4. The number of methoxy groups -OCH3 is 2. The number of H-pyrrole nitrogens is 2. The van der Waals surface area contributed by atoms with Gasteiger partial charge in [-0.1, -0.05) is 94.1 Å². The lowest BCUT2D eigenvalue weighted by molar-refractivity contribution is -0.151. The van der Waals surface area contributed by atoms with Crippen LogP contribution in [0.2, 0.25) is 0 Å². The molecule has 0 saturated carbocycles. The number of hydrogen-bond acceptors (Lipinski definition) is 12. The van der Waals surface area contributed by atoms with E-state index in [2.05, 4.69) is 23.8 Å². The summed E-state index contributed by atoms with van der Waals surface area (Å²) in [5.41, 5.74) is 0.194. The van der Waals surface area contributed by atoms with E-state index < -0.39 is 65.0 Å². The van der Waals surface area contributed by atoms with Crippen molar-refractivity contribution in [1.82, 2.24) is 19.1 Å². The third-order valence-corrected chi connectivity index (χ3v) is 12.5. The van der Waals surface area contributed by atoms with E-state index in [1.54, 1.807) is 20.4 Å². The van der Waals surface area contributed by atoms with E-state index in [4.69, 9.17) is 33.2 Å². The normalized spacial score (nSPS) is 20.7. The zero-order valence-corrected chi connectivity index (χ0v) is 38.1. The second kappa shape index (κ2) is 22.7. The van der Waals surface area contributed by atoms with Crippen molar-refractivity contribution in [3.05, 3.63) is 161 Å². The van der Waals surface area contributed by atoms with Crippen molar-refractivity contribution in [2.45, 2.75) is 121 Å². The average molecular weight is 911 g/mol. The second-order valence-corrected chi connectivity index (χ2v) is 16.9. The Balaban J connectivity index is 1.13. The topological polar surface area (TPSA) is 195 Å². The van der Waals surface area contributed by atoms with Crippen LogP contribution in [0.25, 0.3) is 0 Å². The molecule has 7 rings (SSSR count). The maximum absolute atomic E-state index is 13.4. The first-order valence-electron chi connectivity index (χ1n) is 22.9. The molecule has 0 aliphatic carbocycles. The number of aryl methyl sites for hydroxylation is 2. The van der Waals surface area contributed by atoms with Crippen molar-refractivity contribution in [1.29, 1.82) is 0 Å². The number of aromatic nitrogens is 4. The Morgan fingerprint density at radius 3 is 1.67 bits per heavy atom. The Morgan fingerprint density at radius 2 is 1.15 bits per heavy atom. The lowest BCUT2D eigenvalue weighted by atomic mass is 9.80. The number of nitrogens with one attached hydrogen (secondary N) is 2. The predicted octanol–water partition coefficient (Wildman–Crippen LogP) is 5.87. The lowest BCUT2D eigenvalue weighted by Gasteiger charge is -2.37. The first-order chi connectivity index (χ1) is 32.1. The van der Waals surface area contributed by atoms with Crippen molar-refractivity contribution >= 4 is 0 Å². The van der Waals surface area contributed by atoms with Gasteiger partial charge in [-0.25, -0.2) is 9.59 Å². The summed E-state index contributed by atoms with van der Waals surface area (Å²) >= 11 is 0. The minimum absolute atomic E-state index is 0.0178. The Kier molecular flexibility index (Phi) is 16.6. The zero-order chi connectivity index (χ0) is 46.6. The van der Waals surface area contributed by atoms with E-state index in [1.807, 2.05) is 78.9 Å². The van der Waals surface area contributed by atoms with E-state index in [0.717, 1.165) is 55.2 Å². The number of aliphatic hydroxyl groups excluding tert-OH is 1. The van der Waals surface area contributed by atoms with Gasteiger partial charge in [0.2, 0.25) is 0 Å². The Bertz CT molecular complexity index is 2510. The highest BCUT2D eigenvalue weighted by atomic mass is 16.7. The van der Waals surface area contributed by atoms with Gasteiger partial charge in [0.15, 0.2) is 0 Å². The zero-order valence-electron chi connectivity index (χ0n) is 38.1. The smallest absolute Gasteiger partial charge is 0.330 e. The highest BCUT2D eigenvalue weighted by Gasteiger charge is 2.43. The third-order valence-electron chi connectivity index (χ3n) is 12.5. The summed E-state index contributed by atoms with van der Waals surface area (Å²) in [4.78, 5) is 56.5. The van der Waals surface area contributed by atoms with Crippen molar-refractivity contribution in [2.75, 3.05) is 34.2 Å². The van der Waals surface area contributed by atoms with Gasteiger partial charge >= 0.3 is 11.4 Å². The summed E-state index contributed by atoms with van der Waals surface area (Å²) in [6.07, 6.45) is 5.11. The molecule has 6 atom stereocenters. The molecule has 0 amide bonds. The van der Waals surface area contributed by atoms with E-state index >= 15 is 0 Å². The number of hydrogen-bond donors (Lipinski definition) is 3. The van der Waals surface area contributed by atoms with E-state index in [0.29, 0.717) is 35.5 Å². The quantitative estimate of drug-likeness (QED) is 0.0402. The van der Waals surface area contributed by atoms with Crippen molar-refractivity contribution in [2.24, 2.45) is 0 Å². The molecule has 0 spiro atoms. The summed E-state index contributed by atoms with van der Waals surface area (Å²) in [6.45, 7) is 3.84. The molecule has 66 heavy (non-hydrogen) atoms. The molecule has 2 aliphatic heterocycles. The molecular formula is C50H62N4O12. The molecule has 3 aromatic carbocycles. The number of benzene rings is 3. The molecule has 16 heteroatoms.